The van der Waals surface area contributed by atoms with Crippen molar-refractivity contribution in [1.82, 2.24) is 5.32 Å². The lowest BCUT2D eigenvalue weighted by molar-refractivity contribution is 0.0935. The minimum atomic E-state index is -0.0396. The van der Waals surface area contributed by atoms with E-state index in [9.17, 15) is 4.79 Å². The Bertz CT molecular complexity index is 581. The average molecular weight is 282 g/mol. The van der Waals surface area contributed by atoms with Gasteiger partial charge in [0.2, 0.25) is 0 Å². The Morgan fingerprint density at radius 3 is 2.38 bits per heavy atom. The van der Waals surface area contributed by atoms with Crippen molar-refractivity contribution < 1.29 is 4.79 Å². The van der Waals surface area contributed by atoms with E-state index in [0.29, 0.717) is 5.56 Å². The van der Waals surface area contributed by atoms with Crippen LogP contribution >= 0.6 is 0 Å². The van der Waals surface area contributed by atoms with Gasteiger partial charge in [-0.3, -0.25) is 4.79 Å². The second-order valence-corrected chi connectivity index (χ2v) is 5.02. The summed E-state index contributed by atoms with van der Waals surface area (Å²) in [5.74, 6) is -0.0396. The molecule has 2 N–H and O–H groups in total. The SMILES string of the molecule is CCCC(NC(=O)c1ccccc1NC)c1ccccc1. The summed E-state index contributed by atoms with van der Waals surface area (Å²) in [4.78, 5) is 12.5. The van der Waals surface area contributed by atoms with Crippen molar-refractivity contribution in [2.24, 2.45) is 0 Å². The molecule has 0 aliphatic carbocycles. The molecule has 0 bridgehead atoms. The van der Waals surface area contributed by atoms with E-state index in [0.717, 1.165) is 24.1 Å². The third-order valence-corrected chi connectivity index (χ3v) is 3.53. The molecular weight excluding hydrogens is 260 g/mol. The molecule has 0 radical (unpaired) electrons. The molecule has 0 fully saturated rings. The summed E-state index contributed by atoms with van der Waals surface area (Å²) >= 11 is 0. The van der Waals surface area contributed by atoms with Crippen LogP contribution < -0.4 is 10.6 Å². The second kappa shape index (κ2) is 7.48. The number of carbonyl (C=O) groups is 1. The van der Waals surface area contributed by atoms with Gasteiger partial charge in [-0.2, -0.15) is 0 Å². The smallest absolute Gasteiger partial charge is 0.253 e. The number of benzene rings is 2. The van der Waals surface area contributed by atoms with Crippen LogP contribution in [0, 0.1) is 0 Å². The van der Waals surface area contributed by atoms with Gasteiger partial charge in [0.25, 0.3) is 5.91 Å². The molecule has 2 rings (SSSR count). The lowest BCUT2D eigenvalue weighted by Crippen LogP contribution is -2.29. The van der Waals surface area contributed by atoms with Crippen LogP contribution in [0.3, 0.4) is 0 Å². The van der Waals surface area contributed by atoms with E-state index in [2.05, 4.69) is 29.7 Å². The third kappa shape index (κ3) is 3.85. The van der Waals surface area contributed by atoms with Gasteiger partial charge in [-0.1, -0.05) is 55.8 Å². The third-order valence-electron chi connectivity index (χ3n) is 3.53. The van der Waals surface area contributed by atoms with Crippen molar-refractivity contribution in [1.29, 1.82) is 0 Å². The fourth-order valence-corrected chi connectivity index (χ4v) is 2.43. The number of nitrogens with one attached hydrogen (secondary N) is 2. The number of anilines is 1. The normalized spacial score (nSPS) is 11.7. The monoisotopic (exact) mass is 282 g/mol. The fourth-order valence-electron chi connectivity index (χ4n) is 2.43. The van der Waals surface area contributed by atoms with Gasteiger partial charge in [-0.15, -0.1) is 0 Å². The molecule has 0 spiro atoms. The number of hydrogen-bond acceptors (Lipinski definition) is 2. The summed E-state index contributed by atoms with van der Waals surface area (Å²) in [6, 6.07) is 17.7. The highest BCUT2D eigenvalue weighted by Crippen LogP contribution is 2.20. The van der Waals surface area contributed by atoms with Crippen LogP contribution in [0.5, 0.6) is 0 Å². The maximum Gasteiger partial charge on any atom is 0.253 e. The molecule has 2 aromatic rings. The highest BCUT2D eigenvalue weighted by atomic mass is 16.1. The molecule has 0 heterocycles. The summed E-state index contributed by atoms with van der Waals surface area (Å²) in [6.07, 6.45) is 1.95. The first-order valence-corrected chi connectivity index (χ1v) is 7.38. The van der Waals surface area contributed by atoms with Gasteiger partial charge >= 0.3 is 0 Å². The molecule has 3 heteroatoms. The molecule has 1 amide bonds. The summed E-state index contributed by atoms with van der Waals surface area (Å²) in [5.41, 5.74) is 2.67. The topological polar surface area (TPSA) is 41.1 Å². The first-order chi connectivity index (χ1) is 10.3. The van der Waals surface area contributed by atoms with Crippen LogP contribution in [0.1, 0.15) is 41.7 Å². The van der Waals surface area contributed by atoms with E-state index in [1.165, 1.54) is 0 Å². The maximum atomic E-state index is 12.5. The summed E-state index contributed by atoms with van der Waals surface area (Å²) in [7, 11) is 1.83. The van der Waals surface area contributed by atoms with E-state index in [1.807, 2.05) is 49.5 Å². The molecule has 1 atom stereocenters. The average Bonchev–Trinajstić information content (AvgIpc) is 2.55. The van der Waals surface area contributed by atoms with Gasteiger partial charge in [0.05, 0.1) is 11.6 Å². The fraction of sp³-hybridized carbons (Fsp3) is 0.278. The van der Waals surface area contributed by atoms with Crippen LogP contribution in [-0.2, 0) is 0 Å². The molecular formula is C18H22N2O. The molecule has 0 aromatic heterocycles. The molecule has 0 saturated carbocycles. The zero-order valence-corrected chi connectivity index (χ0v) is 12.6. The van der Waals surface area contributed by atoms with Crippen molar-refractivity contribution in [3.05, 3.63) is 65.7 Å². The molecule has 0 saturated heterocycles. The molecule has 1 unspecified atom stereocenters. The lowest BCUT2D eigenvalue weighted by atomic mass is 10.0. The second-order valence-electron chi connectivity index (χ2n) is 5.02. The number of hydrogen-bond donors (Lipinski definition) is 2. The Morgan fingerprint density at radius 2 is 1.71 bits per heavy atom. The van der Waals surface area contributed by atoms with Crippen molar-refractivity contribution in [2.75, 3.05) is 12.4 Å². The van der Waals surface area contributed by atoms with E-state index < -0.39 is 0 Å². The van der Waals surface area contributed by atoms with Gasteiger partial charge in [0, 0.05) is 12.7 Å². The van der Waals surface area contributed by atoms with Crippen molar-refractivity contribution in [2.45, 2.75) is 25.8 Å². The predicted molar refractivity (Wildman–Crippen MR) is 87.5 cm³/mol. The van der Waals surface area contributed by atoms with Crippen LogP contribution in [0.25, 0.3) is 0 Å². The molecule has 21 heavy (non-hydrogen) atoms. The molecule has 0 aliphatic heterocycles. The largest absolute Gasteiger partial charge is 0.387 e. The Hall–Kier alpha value is -2.29. The van der Waals surface area contributed by atoms with E-state index >= 15 is 0 Å². The Morgan fingerprint density at radius 1 is 1.05 bits per heavy atom. The van der Waals surface area contributed by atoms with E-state index in [4.69, 9.17) is 0 Å². The first kappa shape index (κ1) is 15.1. The van der Waals surface area contributed by atoms with E-state index in [1.54, 1.807) is 0 Å². The minimum Gasteiger partial charge on any atom is -0.387 e. The minimum absolute atomic E-state index is 0.0396. The van der Waals surface area contributed by atoms with Gasteiger partial charge in [-0.05, 0) is 24.1 Å². The Kier molecular flexibility index (Phi) is 5.38. The van der Waals surface area contributed by atoms with Crippen LogP contribution in [-0.4, -0.2) is 13.0 Å². The van der Waals surface area contributed by atoms with Crippen molar-refractivity contribution in [3.63, 3.8) is 0 Å². The molecule has 3 nitrogen and oxygen atoms in total. The summed E-state index contributed by atoms with van der Waals surface area (Å²) in [5, 5.41) is 6.21. The van der Waals surface area contributed by atoms with Crippen molar-refractivity contribution >= 4 is 11.6 Å². The van der Waals surface area contributed by atoms with E-state index in [-0.39, 0.29) is 11.9 Å². The van der Waals surface area contributed by atoms with Crippen LogP contribution in [0.15, 0.2) is 54.6 Å². The maximum absolute atomic E-state index is 12.5. The molecule has 0 aliphatic rings. The quantitative estimate of drug-likeness (QED) is 0.841. The van der Waals surface area contributed by atoms with Gasteiger partial charge in [-0.25, -0.2) is 0 Å². The zero-order valence-electron chi connectivity index (χ0n) is 12.6. The standard InChI is InChI=1S/C18H22N2O/c1-3-9-16(14-10-5-4-6-11-14)20-18(21)15-12-7-8-13-17(15)19-2/h4-8,10-13,16,19H,3,9H2,1-2H3,(H,20,21). The first-order valence-electron chi connectivity index (χ1n) is 7.38. The van der Waals surface area contributed by atoms with Gasteiger partial charge in [0.15, 0.2) is 0 Å². The molecule has 2 aromatic carbocycles. The Labute approximate surface area is 126 Å². The number of rotatable bonds is 6. The predicted octanol–water partition coefficient (Wildman–Crippen LogP) is 4.00. The number of amides is 1. The van der Waals surface area contributed by atoms with Crippen molar-refractivity contribution in [3.8, 4) is 0 Å². The highest BCUT2D eigenvalue weighted by molar-refractivity contribution is 5.99. The van der Waals surface area contributed by atoms with Crippen LogP contribution in [0.4, 0.5) is 5.69 Å². The highest BCUT2D eigenvalue weighted by Gasteiger charge is 2.16. The summed E-state index contributed by atoms with van der Waals surface area (Å²) < 4.78 is 0. The number of para-hydroxylation sites is 1. The van der Waals surface area contributed by atoms with Crippen LogP contribution in [0.2, 0.25) is 0 Å². The zero-order chi connectivity index (χ0) is 15.1. The Balaban J connectivity index is 2.19. The molecule has 110 valence electrons. The summed E-state index contributed by atoms with van der Waals surface area (Å²) in [6.45, 7) is 2.13. The van der Waals surface area contributed by atoms with Gasteiger partial charge < -0.3 is 10.6 Å². The number of carbonyl (C=O) groups excluding carboxylic acids is 1. The lowest BCUT2D eigenvalue weighted by Gasteiger charge is -2.19. The van der Waals surface area contributed by atoms with Gasteiger partial charge in [0.1, 0.15) is 0 Å².